The summed E-state index contributed by atoms with van der Waals surface area (Å²) in [6, 6.07) is 29.2. The van der Waals surface area contributed by atoms with Crippen LogP contribution in [0, 0.1) is 12.8 Å². The number of hydrogen-bond acceptors (Lipinski definition) is 3. The standard InChI is InChI=1S/C27H26N2O.ClH/c1-20-16-27(29-15-14-22(19-29)17-21-8-4-2-5-9-21)25-18-24(12-13-26(25)28-20)30-23-10-6-3-7-11-23;/h2-13,16,18,22H,14-15,17,19H2,1H3;1H. The Morgan fingerprint density at radius 2 is 1.65 bits per heavy atom. The summed E-state index contributed by atoms with van der Waals surface area (Å²) in [7, 11) is 0. The van der Waals surface area contributed by atoms with Gasteiger partial charge in [-0.15, -0.1) is 12.4 Å². The van der Waals surface area contributed by atoms with E-state index in [0.717, 1.165) is 47.6 Å². The number of pyridine rings is 1. The van der Waals surface area contributed by atoms with Crippen LogP contribution >= 0.6 is 12.4 Å². The number of aromatic nitrogens is 1. The molecule has 0 spiro atoms. The van der Waals surface area contributed by atoms with Crippen LogP contribution in [-0.4, -0.2) is 18.1 Å². The van der Waals surface area contributed by atoms with Crippen molar-refractivity contribution in [1.29, 1.82) is 0 Å². The van der Waals surface area contributed by atoms with E-state index in [4.69, 9.17) is 9.72 Å². The predicted molar refractivity (Wildman–Crippen MR) is 131 cm³/mol. The molecule has 1 atom stereocenters. The summed E-state index contributed by atoms with van der Waals surface area (Å²) in [4.78, 5) is 7.29. The molecule has 0 N–H and O–H groups in total. The zero-order chi connectivity index (χ0) is 20.3. The van der Waals surface area contributed by atoms with Gasteiger partial charge in [-0.25, -0.2) is 0 Å². The van der Waals surface area contributed by atoms with Gasteiger partial charge in [0.2, 0.25) is 0 Å². The molecule has 0 bridgehead atoms. The van der Waals surface area contributed by atoms with E-state index in [1.54, 1.807) is 0 Å². The van der Waals surface area contributed by atoms with Gasteiger partial charge in [-0.2, -0.15) is 0 Å². The van der Waals surface area contributed by atoms with Gasteiger partial charge in [0.05, 0.1) is 5.52 Å². The zero-order valence-electron chi connectivity index (χ0n) is 17.7. The highest BCUT2D eigenvalue weighted by molar-refractivity contribution is 5.93. The molecule has 158 valence electrons. The first-order valence-corrected chi connectivity index (χ1v) is 10.7. The van der Waals surface area contributed by atoms with Crippen molar-refractivity contribution in [2.24, 2.45) is 5.92 Å². The maximum absolute atomic E-state index is 6.09. The summed E-state index contributed by atoms with van der Waals surface area (Å²) in [6.07, 6.45) is 2.36. The quantitative estimate of drug-likeness (QED) is 0.347. The van der Waals surface area contributed by atoms with Crippen molar-refractivity contribution < 1.29 is 4.74 Å². The third kappa shape index (κ3) is 4.83. The number of nitrogens with zero attached hydrogens (tertiary/aromatic N) is 2. The van der Waals surface area contributed by atoms with Crippen molar-refractivity contribution in [3.8, 4) is 11.5 Å². The number of hydrogen-bond donors (Lipinski definition) is 0. The van der Waals surface area contributed by atoms with Gasteiger partial charge in [-0.1, -0.05) is 48.5 Å². The smallest absolute Gasteiger partial charge is 0.128 e. The van der Waals surface area contributed by atoms with Crippen molar-refractivity contribution in [1.82, 2.24) is 4.98 Å². The Morgan fingerprint density at radius 1 is 0.903 bits per heavy atom. The van der Waals surface area contributed by atoms with Gasteiger partial charge in [-0.05, 0) is 67.6 Å². The van der Waals surface area contributed by atoms with E-state index in [1.807, 2.05) is 36.4 Å². The summed E-state index contributed by atoms with van der Waals surface area (Å²) in [5.74, 6) is 2.38. The average molecular weight is 431 g/mol. The van der Waals surface area contributed by atoms with Crippen LogP contribution in [0.1, 0.15) is 17.7 Å². The number of anilines is 1. The Labute approximate surface area is 190 Å². The van der Waals surface area contributed by atoms with Gasteiger partial charge < -0.3 is 9.64 Å². The normalized spacial score (nSPS) is 15.6. The molecule has 0 amide bonds. The molecule has 1 aromatic heterocycles. The van der Waals surface area contributed by atoms with Gasteiger partial charge in [-0.3, -0.25) is 4.98 Å². The minimum atomic E-state index is 0. The fourth-order valence-electron chi connectivity index (χ4n) is 4.43. The Kier molecular flexibility index (Phi) is 6.43. The molecule has 3 nitrogen and oxygen atoms in total. The van der Waals surface area contributed by atoms with Gasteiger partial charge in [0.1, 0.15) is 11.5 Å². The van der Waals surface area contributed by atoms with Crippen LogP contribution in [0.2, 0.25) is 0 Å². The fraction of sp³-hybridized carbons (Fsp3) is 0.222. The molecule has 1 aliphatic rings. The van der Waals surface area contributed by atoms with Gasteiger partial charge in [0.25, 0.3) is 0 Å². The molecule has 0 radical (unpaired) electrons. The van der Waals surface area contributed by atoms with E-state index in [0.29, 0.717) is 5.92 Å². The van der Waals surface area contributed by atoms with Crippen LogP contribution in [-0.2, 0) is 6.42 Å². The first-order chi connectivity index (χ1) is 14.7. The zero-order valence-corrected chi connectivity index (χ0v) is 18.5. The van der Waals surface area contributed by atoms with Crippen LogP contribution < -0.4 is 9.64 Å². The van der Waals surface area contributed by atoms with Crippen LogP contribution in [0.4, 0.5) is 5.69 Å². The van der Waals surface area contributed by atoms with Crippen molar-refractivity contribution >= 4 is 29.0 Å². The molecule has 31 heavy (non-hydrogen) atoms. The topological polar surface area (TPSA) is 25.4 Å². The highest BCUT2D eigenvalue weighted by Gasteiger charge is 2.24. The number of halogens is 1. The number of benzene rings is 3. The summed E-state index contributed by atoms with van der Waals surface area (Å²) in [5.41, 5.74) is 4.78. The maximum Gasteiger partial charge on any atom is 0.128 e. The largest absolute Gasteiger partial charge is 0.457 e. The summed E-state index contributed by atoms with van der Waals surface area (Å²) in [5, 5.41) is 1.16. The number of fused-ring (bicyclic) bond motifs is 1. The predicted octanol–water partition coefficient (Wildman–Crippen LogP) is 6.83. The molecule has 1 saturated heterocycles. The molecule has 5 rings (SSSR count). The van der Waals surface area contributed by atoms with Gasteiger partial charge in [0.15, 0.2) is 0 Å². The molecular formula is C27H27ClN2O. The molecule has 4 heteroatoms. The molecule has 1 aliphatic heterocycles. The molecule has 0 saturated carbocycles. The fourth-order valence-corrected chi connectivity index (χ4v) is 4.43. The van der Waals surface area contributed by atoms with Gasteiger partial charge >= 0.3 is 0 Å². The van der Waals surface area contributed by atoms with Gasteiger partial charge in [0, 0.05) is 29.9 Å². The van der Waals surface area contributed by atoms with Crippen LogP contribution in [0.3, 0.4) is 0 Å². The Balaban J connectivity index is 0.00000231. The molecule has 2 heterocycles. The third-order valence-electron chi connectivity index (χ3n) is 5.86. The molecule has 1 fully saturated rings. The summed E-state index contributed by atoms with van der Waals surface area (Å²) >= 11 is 0. The Hall–Kier alpha value is -3.04. The molecule has 1 unspecified atom stereocenters. The average Bonchev–Trinajstić information content (AvgIpc) is 3.23. The molecule has 3 aromatic carbocycles. The monoisotopic (exact) mass is 430 g/mol. The second-order valence-electron chi connectivity index (χ2n) is 8.17. The van der Waals surface area contributed by atoms with Crippen molar-refractivity contribution in [3.63, 3.8) is 0 Å². The lowest BCUT2D eigenvalue weighted by Crippen LogP contribution is -2.20. The van der Waals surface area contributed by atoms with Crippen molar-refractivity contribution in [2.45, 2.75) is 19.8 Å². The SMILES string of the molecule is Cc1cc(N2CCC(Cc3ccccc3)C2)c2cc(Oc3ccccc3)ccc2n1.Cl. The number of ether oxygens (including phenoxy) is 1. The maximum atomic E-state index is 6.09. The first kappa shape index (κ1) is 21.2. The van der Waals surface area contributed by atoms with Crippen molar-refractivity contribution in [2.75, 3.05) is 18.0 Å². The van der Waals surface area contributed by atoms with Crippen LogP contribution in [0.15, 0.2) is 84.9 Å². The lowest BCUT2D eigenvalue weighted by Gasteiger charge is -2.22. The van der Waals surface area contributed by atoms with Crippen molar-refractivity contribution in [3.05, 3.63) is 96.2 Å². The minimum Gasteiger partial charge on any atom is -0.457 e. The summed E-state index contributed by atoms with van der Waals surface area (Å²) in [6.45, 7) is 4.24. The van der Waals surface area contributed by atoms with E-state index in [1.165, 1.54) is 17.7 Å². The number of aryl methyl sites for hydroxylation is 1. The highest BCUT2D eigenvalue weighted by Crippen LogP contribution is 2.35. The third-order valence-corrected chi connectivity index (χ3v) is 5.86. The second kappa shape index (κ2) is 9.40. The van der Waals surface area contributed by atoms with E-state index in [-0.39, 0.29) is 12.4 Å². The molecule has 0 aliphatic carbocycles. The lowest BCUT2D eigenvalue weighted by molar-refractivity contribution is 0.483. The van der Waals surface area contributed by atoms with E-state index < -0.39 is 0 Å². The highest BCUT2D eigenvalue weighted by atomic mass is 35.5. The second-order valence-corrected chi connectivity index (χ2v) is 8.17. The van der Waals surface area contributed by atoms with E-state index in [9.17, 15) is 0 Å². The van der Waals surface area contributed by atoms with E-state index in [2.05, 4.69) is 60.4 Å². The Morgan fingerprint density at radius 3 is 2.42 bits per heavy atom. The first-order valence-electron chi connectivity index (χ1n) is 10.7. The van der Waals surface area contributed by atoms with Crippen LogP contribution in [0.5, 0.6) is 11.5 Å². The molecular weight excluding hydrogens is 404 g/mol. The number of para-hydroxylation sites is 1. The Bertz CT molecular complexity index is 1150. The van der Waals surface area contributed by atoms with Crippen LogP contribution in [0.25, 0.3) is 10.9 Å². The van der Waals surface area contributed by atoms with E-state index >= 15 is 0 Å². The lowest BCUT2D eigenvalue weighted by atomic mass is 9.99. The minimum absolute atomic E-state index is 0. The summed E-state index contributed by atoms with van der Waals surface area (Å²) < 4.78 is 6.09. The molecule has 4 aromatic rings. The number of rotatable bonds is 5.